The third-order valence-corrected chi connectivity index (χ3v) is 11.4. The SMILES string of the molecule is CCCCCCCCCCC(CCO[Si](C)(C)C(C)(C)C)OC(=O)Cc1ccc([N+](=O)[O-])cc1. The summed E-state index contributed by atoms with van der Waals surface area (Å²) in [5, 5.41) is 11.0. The number of rotatable bonds is 17. The van der Waals surface area contributed by atoms with Crippen LogP contribution in [-0.4, -0.2) is 31.9 Å². The van der Waals surface area contributed by atoms with Crippen molar-refractivity contribution in [3.8, 4) is 0 Å². The van der Waals surface area contributed by atoms with Crippen molar-refractivity contribution in [2.45, 2.75) is 123 Å². The van der Waals surface area contributed by atoms with Gasteiger partial charge in [-0.3, -0.25) is 14.9 Å². The molecule has 1 aromatic carbocycles. The molecule has 0 saturated heterocycles. The van der Waals surface area contributed by atoms with E-state index < -0.39 is 13.2 Å². The number of hydrogen-bond donors (Lipinski definition) is 0. The molecule has 0 bridgehead atoms. The number of non-ortho nitro benzene ring substituents is 1. The van der Waals surface area contributed by atoms with Gasteiger partial charge in [0.25, 0.3) is 5.69 Å². The number of unbranched alkanes of at least 4 members (excludes halogenated alkanes) is 7. The summed E-state index contributed by atoms with van der Waals surface area (Å²) < 4.78 is 12.2. The molecule has 6 nitrogen and oxygen atoms in total. The fourth-order valence-corrected chi connectivity index (χ4v) is 4.62. The number of nitro benzene ring substituents is 1. The van der Waals surface area contributed by atoms with Gasteiger partial charge in [0.05, 0.1) is 11.3 Å². The van der Waals surface area contributed by atoms with E-state index in [4.69, 9.17) is 9.16 Å². The molecule has 0 radical (unpaired) electrons. The molecule has 0 heterocycles. The Morgan fingerprint density at radius 2 is 1.53 bits per heavy atom. The van der Waals surface area contributed by atoms with Gasteiger partial charge in [0.2, 0.25) is 0 Å². The molecule has 0 aromatic heterocycles. The normalized spacial score (nSPS) is 13.0. The predicted octanol–water partition coefficient (Wildman–Crippen LogP) is 7.99. The van der Waals surface area contributed by atoms with Crippen LogP contribution in [0.25, 0.3) is 0 Å². The summed E-state index contributed by atoms with van der Waals surface area (Å²) in [7, 11) is -1.84. The highest BCUT2D eigenvalue weighted by molar-refractivity contribution is 6.74. The summed E-state index contributed by atoms with van der Waals surface area (Å²) in [6.45, 7) is 14.0. The van der Waals surface area contributed by atoms with E-state index in [2.05, 4.69) is 40.8 Å². The van der Waals surface area contributed by atoms with Crippen LogP contribution in [-0.2, 0) is 20.4 Å². The zero-order valence-corrected chi connectivity index (χ0v) is 23.4. The van der Waals surface area contributed by atoms with Crippen molar-refractivity contribution in [1.82, 2.24) is 0 Å². The quantitative estimate of drug-likeness (QED) is 0.0722. The maximum atomic E-state index is 12.6. The average Bonchev–Trinajstić information content (AvgIpc) is 2.74. The monoisotopic (exact) mass is 493 g/mol. The Morgan fingerprint density at radius 1 is 0.971 bits per heavy atom. The Labute approximate surface area is 208 Å². The van der Waals surface area contributed by atoms with E-state index in [1.165, 1.54) is 50.7 Å². The standard InChI is InChI=1S/C27H47NO5Si/c1-7-8-9-10-11-12-13-14-15-25(20-21-32-34(5,6)27(2,3)4)33-26(29)22-23-16-18-24(19-17-23)28(30)31/h16-19,25H,7-15,20-22H2,1-6H3. The number of ether oxygens (including phenoxy) is 1. The van der Waals surface area contributed by atoms with Gasteiger partial charge in [-0.05, 0) is 36.5 Å². The first-order valence-corrected chi connectivity index (χ1v) is 15.9. The lowest BCUT2D eigenvalue weighted by Gasteiger charge is -2.36. The molecule has 0 saturated carbocycles. The second-order valence-corrected chi connectivity index (χ2v) is 15.7. The summed E-state index contributed by atoms with van der Waals surface area (Å²) in [5.41, 5.74) is 0.742. The van der Waals surface area contributed by atoms with Gasteiger partial charge in [-0.25, -0.2) is 0 Å². The molecule has 0 spiro atoms. The van der Waals surface area contributed by atoms with Gasteiger partial charge in [-0.1, -0.05) is 84.8 Å². The van der Waals surface area contributed by atoms with E-state index in [1.54, 1.807) is 12.1 Å². The Hall–Kier alpha value is -1.73. The van der Waals surface area contributed by atoms with Gasteiger partial charge < -0.3 is 9.16 Å². The maximum absolute atomic E-state index is 12.6. The molecule has 0 aliphatic heterocycles. The van der Waals surface area contributed by atoms with Crippen molar-refractivity contribution in [2.24, 2.45) is 0 Å². The lowest BCUT2D eigenvalue weighted by atomic mass is 10.0. The number of esters is 1. The Balaban J connectivity index is 2.57. The second-order valence-electron chi connectivity index (χ2n) is 10.9. The Bertz CT molecular complexity index is 728. The molecule has 1 aromatic rings. The van der Waals surface area contributed by atoms with Crippen molar-refractivity contribution in [2.75, 3.05) is 6.61 Å². The average molecular weight is 494 g/mol. The number of benzene rings is 1. The molecule has 0 fully saturated rings. The Kier molecular flexibility index (Phi) is 13.6. The van der Waals surface area contributed by atoms with E-state index in [0.29, 0.717) is 13.0 Å². The fraction of sp³-hybridized carbons (Fsp3) is 0.741. The van der Waals surface area contributed by atoms with E-state index in [9.17, 15) is 14.9 Å². The van der Waals surface area contributed by atoms with Crippen LogP contribution in [0.5, 0.6) is 0 Å². The zero-order chi connectivity index (χ0) is 25.6. The van der Waals surface area contributed by atoms with Crippen LogP contribution in [0.1, 0.15) is 97.5 Å². The first-order valence-electron chi connectivity index (χ1n) is 13.0. The predicted molar refractivity (Wildman–Crippen MR) is 142 cm³/mol. The highest BCUT2D eigenvalue weighted by Gasteiger charge is 2.37. The van der Waals surface area contributed by atoms with Crippen LogP contribution in [0.2, 0.25) is 18.1 Å². The molecule has 0 aliphatic rings. The maximum Gasteiger partial charge on any atom is 0.310 e. The first kappa shape index (κ1) is 30.3. The number of carbonyl (C=O) groups excluding carboxylic acids is 1. The zero-order valence-electron chi connectivity index (χ0n) is 22.4. The molecule has 1 atom stereocenters. The van der Waals surface area contributed by atoms with Crippen LogP contribution in [0, 0.1) is 10.1 Å². The number of nitro groups is 1. The molecule has 194 valence electrons. The topological polar surface area (TPSA) is 78.7 Å². The van der Waals surface area contributed by atoms with Gasteiger partial charge in [0.15, 0.2) is 8.32 Å². The van der Waals surface area contributed by atoms with Crippen LogP contribution in [0.4, 0.5) is 5.69 Å². The molecule has 0 aliphatic carbocycles. The summed E-state index contributed by atoms with van der Waals surface area (Å²) in [5.74, 6) is -0.286. The number of hydrogen-bond acceptors (Lipinski definition) is 5. The van der Waals surface area contributed by atoms with Crippen molar-refractivity contribution < 1.29 is 18.9 Å². The smallest absolute Gasteiger partial charge is 0.310 e. The van der Waals surface area contributed by atoms with Crippen molar-refractivity contribution in [1.29, 1.82) is 0 Å². The first-order chi connectivity index (χ1) is 16.0. The molecular formula is C27H47NO5Si. The Morgan fingerprint density at radius 3 is 2.06 bits per heavy atom. The number of carbonyl (C=O) groups is 1. The van der Waals surface area contributed by atoms with E-state index in [1.807, 2.05) is 0 Å². The molecule has 0 N–H and O–H groups in total. The molecular weight excluding hydrogens is 446 g/mol. The minimum Gasteiger partial charge on any atom is -0.462 e. The molecule has 34 heavy (non-hydrogen) atoms. The lowest BCUT2D eigenvalue weighted by molar-refractivity contribution is -0.384. The van der Waals surface area contributed by atoms with Crippen LogP contribution in [0.15, 0.2) is 24.3 Å². The summed E-state index contributed by atoms with van der Waals surface area (Å²) in [6, 6.07) is 6.09. The van der Waals surface area contributed by atoms with E-state index in [-0.39, 0.29) is 29.2 Å². The van der Waals surface area contributed by atoms with E-state index in [0.717, 1.165) is 24.8 Å². The molecule has 1 unspecified atom stereocenters. The third kappa shape index (κ3) is 12.1. The van der Waals surface area contributed by atoms with Gasteiger partial charge in [0.1, 0.15) is 6.10 Å². The third-order valence-electron chi connectivity index (χ3n) is 6.88. The second kappa shape index (κ2) is 15.3. The van der Waals surface area contributed by atoms with Gasteiger partial charge >= 0.3 is 5.97 Å². The lowest BCUT2D eigenvalue weighted by Crippen LogP contribution is -2.41. The van der Waals surface area contributed by atoms with Gasteiger partial charge in [-0.2, -0.15) is 0 Å². The van der Waals surface area contributed by atoms with Crippen molar-refractivity contribution in [3.05, 3.63) is 39.9 Å². The highest BCUT2D eigenvalue weighted by Crippen LogP contribution is 2.36. The molecule has 1 rings (SSSR count). The van der Waals surface area contributed by atoms with Gasteiger partial charge in [-0.15, -0.1) is 0 Å². The van der Waals surface area contributed by atoms with Crippen molar-refractivity contribution >= 4 is 20.0 Å². The van der Waals surface area contributed by atoms with Gasteiger partial charge in [0, 0.05) is 25.2 Å². The summed E-state index contributed by atoms with van der Waals surface area (Å²) in [6.07, 6.45) is 11.4. The van der Waals surface area contributed by atoms with E-state index >= 15 is 0 Å². The summed E-state index contributed by atoms with van der Waals surface area (Å²) >= 11 is 0. The van der Waals surface area contributed by atoms with Crippen LogP contribution >= 0.6 is 0 Å². The minimum atomic E-state index is -1.84. The molecule has 7 heteroatoms. The number of nitrogens with zero attached hydrogens (tertiary/aromatic N) is 1. The summed E-state index contributed by atoms with van der Waals surface area (Å²) in [4.78, 5) is 23.0. The highest BCUT2D eigenvalue weighted by atomic mass is 28.4. The largest absolute Gasteiger partial charge is 0.462 e. The minimum absolute atomic E-state index is 0.0208. The van der Waals surface area contributed by atoms with Crippen molar-refractivity contribution in [3.63, 3.8) is 0 Å². The van der Waals surface area contributed by atoms with Crippen LogP contribution in [0.3, 0.4) is 0 Å². The van der Waals surface area contributed by atoms with Crippen LogP contribution < -0.4 is 0 Å². The fourth-order valence-electron chi connectivity index (χ4n) is 3.56. The molecule has 0 amide bonds.